The van der Waals surface area contributed by atoms with Gasteiger partial charge in [-0.15, -0.1) is 0 Å². The van der Waals surface area contributed by atoms with Crippen LogP contribution >= 0.6 is 15.9 Å². The third-order valence-electron chi connectivity index (χ3n) is 3.02. The molecule has 1 saturated heterocycles. The number of ether oxygens (including phenoxy) is 1. The number of hydrogen-bond acceptors (Lipinski definition) is 2. The summed E-state index contributed by atoms with van der Waals surface area (Å²) >= 11 is 3.40. The third kappa shape index (κ3) is 4.05. The third-order valence-corrected chi connectivity index (χ3v) is 3.79. The fourth-order valence-electron chi connectivity index (χ4n) is 2.06. The molecule has 2 rings (SSSR count). The number of rotatable bonds is 4. The topological polar surface area (TPSA) is 21.3 Å². The van der Waals surface area contributed by atoms with Crippen molar-refractivity contribution in [3.05, 3.63) is 34.1 Å². The molecule has 1 unspecified atom stereocenters. The summed E-state index contributed by atoms with van der Waals surface area (Å²) in [6.45, 7) is 3.36. The normalized spacial score (nSPS) is 20.5. The Morgan fingerprint density at radius 2 is 2.35 bits per heavy atom. The highest BCUT2D eigenvalue weighted by Crippen LogP contribution is 2.19. The largest absolute Gasteiger partial charge is 0.376 e. The highest BCUT2D eigenvalue weighted by Gasteiger charge is 2.13. The van der Waals surface area contributed by atoms with Gasteiger partial charge in [-0.25, -0.2) is 4.39 Å². The monoisotopic (exact) mass is 301 g/mol. The Hall–Kier alpha value is -0.450. The first kappa shape index (κ1) is 13.0. The first-order valence-electron chi connectivity index (χ1n) is 5.98. The Morgan fingerprint density at radius 3 is 3.12 bits per heavy atom. The first-order valence-corrected chi connectivity index (χ1v) is 6.77. The minimum Gasteiger partial charge on any atom is -0.376 e. The van der Waals surface area contributed by atoms with Crippen molar-refractivity contribution in [2.45, 2.75) is 19.4 Å². The van der Waals surface area contributed by atoms with Crippen LogP contribution in [0.15, 0.2) is 22.7 Å². The van der Waals surface area contributed by atoms with Crippen LogP contribution in [0.25, 0.3) is 0 Å². The zero-order valence-electron chi connectivity index (χ0n) is 9.72. The molecule has 0 aliphatic carbocycles. The average Bonchev–Trinajstić information content (AvgIpc) is 2.35. The fourth-order valence-corrected chi connectivity index (χ4v) is 2.42. The van der Waals surface area contributed by atoms with E-state index in [2.05, 4.69) is 21.2 Å². The molecule has 0 radical (unpaired) electrons. The van der Waals surface area contributed by atoms with E-state index in [1.54, 1.807) is 6.07 Å². The van der Waals surface area contributed by atoms with Gasteiger partial charge in [0.25, 0.3) is 0 Å². The number of benzene rings is 1. The van der Waals surface area contributed by atoms with Crippen LogP contribution in [0.4, 0.5) is 4.39 Å². The van der Waals surface area contributed by atoms with Gasteiger partial charge in [0.1, 0.15) is 5.82 Å². The number of hydrogen-bond donors (Lipinski definition) is 1. The lowest BCUT2D eigenvalue weighted by Gasteiger charge is -2.22. The Labute approximate surface area is 110 Å². The molecule has 0 aromatic heterocycles. The molecule has 1 aliphatic heterocycles. The maximum Gasteiger partial charge on any atom is 0.123 e. The van der Waals surface area contributed by atoms with Crippen LogP contribution < -0.4 is 5.32 Å². The number of piperidine rings is 1. The molecule has 1 aromatic rings. The average molecular weight is 302 g/mol. The summed E-state index contributed by atoms with van der Waals surface area (Å²) in [5.74, 6) is 0.377. The van der Waals surface area contributed by atoms with Crippen molar-refractivity contribution in [3.63, 3.8) is 0 Å². The van der Waals surface area contributed by atoms with E-state index in [0.29, 0.717) is 12.5 Å². The van der Waals surface area contributed by atoms with Gasteiger partial charge in [0.15, 0.2) is 0 Å². The van der Waals surface area contributed by atoms with Gasteiger partial charge in [0.2, 0.25) is 0 Å². The second-order valence-corrected chi connectivity index (χ2v) is 5.32. The Bertz CT molecular complexity index is 366. The van der Waals surface area contributed by atoms with E-state index in [0.717, 1.165) is 29.7 Å². The molecule has 2 nitrogen and oxygen atoms in total. The summed E-state index contributed by atoms with van der Waals surface area (Å²) in [7, 11) is 0. The molecule has 4 heteroatoms. The zero-order valence-corrected chi connectivity index (χ0v) is 11.3. The smallest absolute Gasteiger partial charge is 0.123 e. The van der Waals surface area contributed by atoms with Crippen molar-refractivity contribution in [2.24, 2.45) is 5.92 Å². The van der Waals surface area contributed by atoms with Crippen molar-refractivity contribution < 1.29 is 9.13 Å². The van der Waals surface area contributed by atoms with Crippen molar-refractivity contribution in [1.82, 2.24) is 5.32 Å². The molecule has 1 fully saturated rings. The summed E-state index contributed by atoms with van der Waals surface area (Å²) in [6, 6.07) is 4.68. The zero-order chi connectivity index (χ0) is 12.1. The van der Waals surface area contributed by atoms with Gasteiger partial charge >= 0.3 is 0 Å². The van der Waals surface area contributed by atoms with Gasteiger partial charge in [-0.2, -0.15) is 0 Å². The molecular formula is C13H17BrFNO. The minimum absolute atomic E-state index is 0.217. The molecule has 1 atom stereocenters. The van der Waals surface area contributed by atoms with Gasteiger partial charge in [0, 0.05) is 11.0 Å². The van der Waals surface area contributed by atoms with Crippen LogP contribution in [0.3, 0.4) is 0 Å². The van der Waals surface area contributed by atoms with Crippen LogP contribution in [0.5, 0.6) is 0 Å². The summed E-state index contributed by atoms with van der Waals surface area (Å²) in [5, 5.41) is 3.35. The van der Waals surface area contributed by atoms with E-state index in [1.807, 2.05) is 0 Å². The SMILES string of the molecule is Fc1ccc(Br)c(COCC2CCCNC2)c1. The van der Waals surface area contributed by atoms with Gasteiger partial charge in [-0.1, -0.05) is 15.9 Å². The van der Waals surface area contributed by atoms with Crippen LogP contribution in [0.2, 0.25) is 0 Å². The lowest BCUT2D eigenvalue weighted by Crippen LogP contribution is -2.32. The summed E-state index contributed by atoms with van der Waals surface area (Å²) in [5.41, 5.74) is 0.869. The number of halogens is 2. The molecule has 0 spiro atoms. The predicted molar refractivity (Wildman–Crippen MR) is 69.3 cm³/mol. The minimum atomic E-state index is -0.217. The first-order chi connectivity index (χ1) is 8.25. The molecular weight excluding hydrogens is 285 g/mol. The van der Waals surface area contributed by atoms with Crippen molar-refractivity contribution in [1.29, 1.82) is 0 Å². The molecule has 17 heavy (non-hydrogen) atoms. The quantitative estimate of drug-likeness (QED) is 0.923. The second-order valence-electron chi connectivity index (χ2n) is 4.46. The second kappa shape index (κ2) is 6.47. The van der Waals surface area contributed by atoms with Crippen molar-refractivity contribution in [3.8, 4) is 0 Å². The van der Waals surface area contributed by atoms with E-state index in [-0.39, 0.29) is 5.82 Å². The highest BCUT2D eigenvalue weighted by molar-refractivity contribution is 9.10. The lowest BCUT2D eigenvalue weighted by atomic mass is 10.0. The fraction of sp³-hybridized carbons (Fsp3) is 0.538. The molecule has 0 amide bonds. The van der Waals surface area contributed by atoms with Gasteiger partial charge in [-0.05, 0) is 49.1 Å². The molecule has 0 saturated carbocycles. The van der Waals surface area contributed by atoms with Gasteiger partial charge in [0.05, 0.1) is 13.2 Å². The summed E-state index contributed by atoms with van der Waals surface area (Å²) in [4.78, 5) is 0. The van der Waals surface area contributed by atoms with Crippen LogP contribution in [0, 0.1) is 11.7 Å². The maximum atomic E-state index is 13.0. The van der Waals surface area contributed by atoms with Gasteiger partial charge in [-0.3, -0.25) is 0 Å². The molecule has 1 aliphatic rings. The lowest BCUT2D eigenvalue weighted by molar-refractivity contribution is 0.0778. The van der Waals surface area contributed by atoms with Crippen LogP contribution in [-0.4, -0.2) is 19.7 Å². The van der Waals surface area contributed by atoms with Crippen molar-refractivity contribution >= 4 is 15.9 Å². The van der Waals surface area contributed by atoms with E-state index in [1.165, 1.54) is 25.0 Å². The predicted octanol–water partition coefficient (Wildman–Crippen LogP) is 3.10. The summed E-state index contributed by atoms with van der Waals surface area (Å²) < 4.78 is 19.6. The molecule has 0 bridgehead atoms. The number of nitrogens with one attached hydrogen (secondary N) is 1. The van der Waals surface area contributed by atoms with Crippen LogP contribution in [-0.2, 0) is 11.3 Å². The van der Waals surface area contributed by atoms with Gasteiger partial charge < -0.3 is 10.1 Å². The van der Waals surface area contributed by atoms with E-state index in [4.69, 9.17) is 4.74 Å². The van der Waals surface area contributed by atoms with E-state index < -0.39 is 0 Å². The van der Waals surface area contributed by atoms with Crippen LogP contribution in [0.1, 0.15) is 18.4 Å². The standard InChI is InChI=1S/C13H17BrFNO/c14-13-4-3-12(15)6-11(13)9-17-8-10-2-1-5-16-7-10/h3-4,6,10,16H,1-2,5,7-9H2. The Kier molecular flexibility index (Phi) is 4.95. The Morgan fingerprint density at radius 1 is 1.47 bits per heavy atom. The summed E-state index contributed by atoms with van der Waals surface area (Å²) in [6.07, 6.45) is 2.44. The maximum absolute atomic E-state index is 13.0. The molecule has 94 valence electrons. The van der Waals surface area contributed by atoms with Crippen molar-refractivity contribution in [2.75, 3.05) is 19.7 Å². The van der Waals surface area contributed by atoms with E-state index >= 15 is 0 Å². The molecule has 1 N–H and O–H groups in total. The molecule has 1 heterocycles. The highest BCUT2D eigenvalue weighted by atomic mass is 79.9. The molecule has 1 aromatic carbocycles. The van der Waals surface area contributed by atoms with E-state index in [9.17, 15) is 4.39 Å². The Balaban J connectivity index is 1.79.